The summed E-state index contributed by atoms with van der Waals surface area (Å²) in [5, 5.41) is 16.6. The third-order valence-corrected chi connectivity index (χ3v) is 7.31. The summed E-state index contributed by atoms with van der Waals surface area (Å²) in [6.07, 6.45) is 0.847. The molecule has 0 radical (unpaired) electrons. The van der Waals surface area contributed by atoms with Crippen LogP contribution in [0.2, 0.25) is 0 Å². The van der Waals surface area contributed by atoms with Crippen molar-refractivity contribution >= 4 is 19.5 Å². The van der Waals surface area contributed by atoms with E-state index in [1.54, 1.807) is 0 Å². The SMILES string of the molecule is CCCC(CCC)COC(=O)[C@H](C)NP(=O)(O)OC[C@H]1O[C@@H](n2ccc(N)nc2=O)[C@](C)(N=[N+]=[N-])[C@@H]1O. The fourth-order valence-corrected chi connectivity index (χ4v) is 5.17. The molecule has 0 saturated carbocycles. The van der Waals surface area contributed by atoms with Crippen molar-refractivity contribution in [1.82, 2.24) is 14.6 Å². The Morgan fingerprint density at radius 1 is 1.46 bits per heavy atom. The maximum absolute atomic E-state index is 12.6. The molecule has 37 heavy (non-hydrogen) atoms. The predicted molar refractivity (Wildman–Crippen MR) is 133 cm³/mol. The summed E-state index contributed by atoms with van der Waals surface area (Å²) >= 11 is 0. The van der Waals surface area contributed by atoms with Gasteiger partial charge < -0.3 is 25.2 Å². The molecule has 16 heteroatoms. The van der Waals surface area contributed by atoms with E-state index in [2.05, 4.69) is 20.1 Å². The Bertz CT molecular complexity index is 1080. The molecule has 6 atom stereocenters. The first kappa shape index (κ1) is 30.7. The highest BCUT2D eigenvalue weighted by molar-refractivity contribution is 7.50. The number of azide groups is 1. The molecule has 15 nitrogen and oxygen atoms in total. The van der Waals surface area contributed by atoms with Crippen LogP contribution < -0.4 is 16.5 Å². The minimum Gasteiger partial charge on any atom is -0.464 e. The fraction of sp³-hybridized carbons (Fsp3) is 0.762. The molecule has 0 amide bonds. The highest BCUT2D eigenvalue weighted by Gasteiger charge is 2.54. The molecule has 1 fully saturated rings. The van der Waals surface area contributed by atoms with Crippen LogP contribution in [-0.2, 0) is 23.4 Å². The number of rotatable bonds is 14. The van der Waals surface area contributed by atoms with Gasteiger partial charge in [-0.05, 0) is 44.2 Å². The quantitative estimate of drug-likeness (QED) is 0.0869. The van der Waals surface area contributed by atoms with Gasteiger partial charge in [0.05, 0.1) is 19.3 Å². The second-order valence-corrected chi connectivity index (χ2v) is 10.7. The Morgan fingerprint density at radius 2 is 2.11 bits per heavy atom. The van der Waals surface area contributed by atoms with Crippen molar-refractivity contribution in [3.63, 3.8) is 0 Å². The minimum atomic E-state index is -4.56. The Morgan fingerprint density at radius 3 is 2.68 bits per heavy atom. The van der Waals surface area contributed by atoms with Gasteiger partial charge in [-0.3, -0.25) is 13.9 Å². The number of hydrogen-bond donors (Lipinski definition) is 4. The average Bonchev–Trinajstić information content (AvgIpc) is 3.06. The highest BCUT2D eigenvalue weighted by Crippen LogP contribution is 2.44. The summed E-state index contributed by atoms with van der Waals surface area (Å²) in [4.78, 5) is 41.2. The molecule has 1 unspecified atom stereocenters. The Balaban J connectivity index is 2.04. The van der Waals surface area contributed by atoms with Crippen LogP contribution in [0, 0.1) is 5.92 Å². The summed E-state index contributed by atoms with van der Waals surface area (Å²) in [6.45, 7) is 6.37. The van der Waals surface area contributed by atoms with Crippen LogP contribution >= 0.6 is 7.75 Å². The van der Waals surface area contributed by atoms with Gasteiger partial charge in [0.25, 0.3) is 0 Å². The normalized spacial score (nSPS) is 25.9. The second kappa shape index (κ2) is 13.3. The summed E-state index contributed by atoms with van der Waals surface area (Å²) < 4.78 is 29.6. The van der Waals surface area contributed by atoms with Crippen molar-refractivity contribution in [3.05, 3.63) is 33.2 Å². The zero-order valence-electron chi connectivity index (χ0n) is 21.4. The van der Waals surface area contributed by atoms with Crippen molar-refractivity contribution in [1.29, 1.82) is 0 Å². The molecule has 5 N–H and O–H groups in total. The molecule has 1 aliphatic heterocycles. The maximum Gasteiger partial charge on any atom is 0.403 e. The van der Waals surface area contributed by atoms with E-state index in [1.165, 1.54) is 26.1 Å². The van der Waals surface area contributed by atoms with Gasteiger partial charge in [-0.1, -0.05) is 31.8 Å². The average molecular weight is 546 g/mol. The smallest absolute Gasteiger partial charge is 0.403 e. The molecular weight excluding hydrogens is 509 g/mol. The van der Waals surface area contributed by atoms with Gasteiger partial charge in [-0.25, -0.2) is 14.4 Å². The molecule has 1 aromatic rings. The van der Waals surface area contributed by atoms with E-state index in [-0.39, 0.29) is 18.3 Å². The second-order valence-electron chi connectivity index (χ2n) is 9.17. The molecule has 208 valence electrons. The highest BCUT2D eigenvalue weighted by atomic mass is 31.2. The number of anilines is 1. The largest absolute Gasteiger partial charge is 0.464 e. The van der Waals surface area contributed by atoms with Crippen LogP contribution in [0.5, 0.6) is 0 Å². The Kier molecular flexibility index (Phi) is 11.1. The summed E-state index contributed by atoms with van der Waals surface area (Å²) in [6, 6.07) is 0.158. The molecule has 2 rings (SSSR count). The zero-order valence-corrected chi connectivity index (χ0v) is 22.3. The number of esters is 1. The van der Waals surface area contributed by atoms with Gasteiger partial charge >= 0.3 is 19.4 Å². The lowest BCUT2D eigenvalue weighted by Gasteiger charge is -2.28. The van der Waals surface area contributed by atoms with Gasteiger partial charge in [0.2, 0.25) is 0 Å². The van der Waals surface area contributed by atoms with Gasteiger partial charge in [-0.2, -0.15) is 4.98 Å². The first-order chi connectivity index (χ1) is 17.4. The lowest BCUT2D eigenvalue weighted by molar-refractivity contribution is -0.146. The van der Waals surface area contributed by atoms with Gasteiger partial charge in [0, 0.05) is 11.1 Å². The van der Waals surface area contributed by atoms with E-state index in [0.29, 0.717) is 0 Å². The molecule has 1 saturated heterocycles. The van der Waals surface area contributed by atoms with Crippen molar-refractivity contribution in [2.45, 2.75) is 83.4 Å². The summed E-state index contributed by atoms with van der Waals surface area (Å²) in [5.41, 5.74) is 12.0. The summed E-state index contributed by atoms with van der Waals surface area (Å²) in [7, 11) is -4.56. The molecule has 2 heterocycles. The number of aromatic nitrogens is 2. The molecule has 0 spiro atoms. The summed E-state index contributed by atoms with van der Waals surface area (Å²) in [5.74, 6) is -0.541. The monoisotopic (exact) mass is 545 g/mol. The van der Waals surface area contributed by atoms with Gasteiger partial charge in [0.1, 0.15) is 23.5 Å². The number of aliphatic hydroxyl groups excluding tert-OH is 1. The van der Waals surface area contributed by atoms with Crippen LogP contribution in [-0.4, -0.2) is 62.5 Å². The minimum absolute atomic E-state index is 0.0450. The van der Waals surface area contributed by atoms with E-state index < -0.39 is 56.0 Å². The van der Waals surface area contributed by atoms with E-state index in [0.717, 1.165) is 30.3 Å². The number of nitrogens with one attached hydrogen (secondary N) is 1. The topological polar surface area (TPSA) is 224 Å². The van der Waals surface area contributed by atoms with Crippen LogP contribution in [0.3, 0.4) is 0 Å². The maximum atomic E-state index is 12.6. The predicted octanol–water partition coefficient (Wildman–Crippen LogP) is 2.01. The van der Waals surface area contributed by atoms with E-state index in [4.69, 9.17) is 25.3 Å². The lowest BCUT2D eigenvalue weighted by Crippen LogP contribution is -2.44. The molecule has 0 aliphatic carbocycles. The molecular formula is C21H36N7O8P. The van der Waals surface area contributed by atoms with Gasteiger partial charge in [0.15, 0.2) is 6.23 Å². The van der Waals surface area contributed by atoms with Crippen molar-refractivity contribution in [2.75, 3.05) is 18.9 Å². The number of carbonyl (C=O) groups is 1. The third-order valence-electron chi connectivity index (χ3n) is 6.10. The number of carbonyl (C=O) groups excluding carboxylic acids is 1. The number of nitrogens with zero attached hydrogens (tertiary/aromatic N) is 5. The van der Waals surface area contributed by atoms with Crippen LogP contribution in [0.1, 0.15) is 59.6 Å². The number of ether oxygens (including phenoxy) is 2. The van der Waals surface area contributed by atoms with E-state index >= 15 is 0 Å². The Labute approximate surface area is 214 Å². The third kappa shape index (κ3) is 7.99. The number of nitrogens with two attached hydrogens (primary N) is 1. The van der Waals surface area contributed by atoms with Crippen LogP contribution in [0.15, 0.2) is 22.2 Å². The first-order valence-electron chi connectivity index (χ1n) is 12.0. The standard InChI is InChI=1S/C21H36N7O8P/c1-5-7-14(8-6-2)11-34-18(30)13(3)25-37(32,33)35-12-15-17(29)21(4,26-27-23)19(36-15)28-10-9-16(22)24-20(28)31/h9-10,13-15,17,19,29H,5-8,11-12H2,1-4H3,(H2,22,24,31)(H2,25,32,33)/t13-,15+,17+,19+,21+/m0/s1. The van der Waals surface area contributed by atoms with Gasteiger partial charge in [-0.15, -0.1) is 0 Å². The number of nitrogen functional groups attached to an aromatic ring is 1. The molecule has 0 bridgehead atoms. The molecule has 0 aromatic carbocycles. The molecule has 1 aliphatic rings. The van der Waals surface area contributed by atoms with Crippen LogP contribution in [0.4, 0.5) is 5.82 Å². The van der Waals surface area contributed by atoms with E-state index in [9.17, 15) is 24.2 Å². The van der Waals surface area contributed by atoms with E-state index in [1.807, 2.05) is 13.8 Å². The molecule has 1 aromatic heterocycles. The zero-order chi connectivity index (χ0) is 27.8. The Hall–Kier alpha value is -2.51. The van der Waals surface area contributed by atoms with Crippen molar-refractivity contribution in [3.8, 4) is 0 Å². The number of hydrogen-bond acceptors (Lipinski definition) is 10. The van der Waals surface area contributed by atoms with Crippen LogP contribution in [0.25, 0.3) is 10.4 Å². The lowest BCUT2D eigenvalue weighted by atomic mass is 9.93. The van der Waals surface area contributed by atoms with Crippen molar-refractivity contribution in [2.24, 2.45) is 11.0 Å². The number of aliphatic hydroxyl groups is 1. The first-order valence-corrected chi connectivity index (χ1v) is 13.6. The fourth-order valence-electron chi connectivity index (χ4n) is 4.15. The van der Waals surface area contributed by atoms with Crippen molar-refractivity contribution < 1.29 is 33.4 Å².